The third kappa shape index (κ3) is 6.45. The van der Waals surface area contributed by atoms with E-state index in [2.05, 4.69) is 40.4 Å². The lowest BCUT2D eigenvalue weighted by atomic mass is 9.92. The van der Waals surface area contributed by atoms with Crippen LogP contribution < -0.4 is 0 Å². The fourth-order valence-electron chi connectivity index (χ4n) is 3.77. The van der Waals surface area contributed by atoms with Crippen molar-refractivity contribution in [1.82, 2.24) is 4.90 Å². The van der Waals surface area contributed by atoms with Gasteiger partial charge in [-0.05, 0) is 43.5 Å². The monoisotopic (exact) mass is 461 g/mol. The van der Waals surface area contributed by atoms with Gasteiger partial charge in [-0.25, -0.2) is 4.79 Å². The SMILES string of the molecule is C=CCC(C(=O)OCC)[C@H]1[C@H](O[Si](C)(C)C(C)(C)C)CCN1C(=O)OCc1ccccc1. The zero-order valence-electron chi connectivity index (χ0n) is 20.4. The number of nitrogens with zero attached hydrogens (tertiary/aromatic N) is 1. The Kier molecular flexibility index (Phi) is 9.10. The molecule has 0 N–H and O–H groups in total. The van der Waals surface area contributed by atoms with Crippen LogP contribution in [0.4, 0.5) is 4.79 Å². The summed E-state index contributed by atoms with van der Waals surface area (Å²) in [6, 6.07) is 9.11. The van der Waals surface area contributed by atoms with E-state index in [1.807, 2.05) is 30.3 Å². The second kappa shape index (κ2) is 11.1. The highest BCUT2D eigenvalue weighted by Crippen LogP contribution is 2.41. The standard InChI is InChI=1S/C25H39NO5Si/c1-8-13-20(23(27)29-9-2)22-21(31-32(6,7)25(3,4)5)16-17-26(22)24(28)30-18-19-14-11-10-12-15-19/h8,10-12,14-15,20-22H,1,9,13,16-18H2,2-7H3/t20?,21-,22+/m1/s1. The highest BCUT2D eigenvalue weighted by molar-refractivity contribution is 6.74. The first-order valence-corrected chi connectivity index (χ1v) is 14.3. The number of allylic oxidation sites excluding steroid dienone is 1. The largest absolute Gasteiger partial charge is 0.466 e. The summed E-state index contributed by atoms with van der Waals surface area (Å²) in [7, 11) is -2.13. The highest BCUT2D eigenvalue weighted by atomic mass is 28.4. The third-order valence-electron chi connectivity index (χ3n) is 6.51. The average Bonchev–Trinajstić information content (AvgIpc) is 3.12. The molecule has 178 valence electrons. The molecule has 6 nitrogen and oxygen atoms in total. The van der Waals surface area contributed by atoms with Crippen LogP contribution in [0.3, 0.4) is 0 Å². The molecular formula is C25H39NO5Si. The molecule has 0 aliphatic carbocycles. The van der Waals surface area contributed by atoms with Crippen LogP contribution >= 0.6 is 0 Å². The summed E-state index contributed by atoms with van der Waals surface area (Å²) in [5.74, 6) is -0.877. The summed E-state index contributed by atoms with van der Waals surface area (Å²) in [6.07, 6.45) is 2.08. The zero-order valence-corrected chi connectivity index (χ0v) is 21.4. The van der Waals surface area contributed by atoms with Crippen LogP contribution in [0, 0.1) is 5.92 Å². The Morgan fingerprint density at radius 1 is 1.22 bits per heavy atom. The molecule has 0 saturated carbocycles. The molecule has 0 spiro atoms. The molecule has 1 aliphatic heterocycles. The predicted molar refractivity (Wildman–Crippen MR) is 129 cm³/mol. The predicted octanol–water partition coefficient (Wildman–Crippen LogP) is 5.54. The average molecular weight is 462 g/mol. The van der Waals surface area contributed by atoms with E-state index in [9.17, 15) is 9.59 Å². The Labute approximate surface area is 194 Å². The molecular weight excluding hydrogens is 422 g/mol. The smallest absolute Gasteiger partial charge is 0.410 e. The second-order valence-corrected chi connectivity index (χ2v) is 14.6. The molecule has 1 heterocycles. The van der Waals surface area contributed by atoms with E-state index in [4.69, 9.17) is 13.9 Å². The number of likely N-dealkylation sites (tertiary alicyclic amines) is 1. The van der Waals surface area contributed by atoms with Gasteiger partial charge in [-0.3, -0.25) is 4.79 Å². The van der Waals surface area contributed by atoms with Crippen LogP contribution in [-0.2, 0) is 25.3 Å². The van der Waals surface area contributed by atoms with Gasteiger partial charge in [0.25, 0.3) is 0 Å². The summed E-state index contributed by atoms with van der Waals surface area (Å²) in [5, 5.41) is 0.0106. The zero-order chi connectivity index (χ0) is 23.9. The molecule has 32 heavy (non-hydrogen) atoms. The minimum absolute atomic E-state index is 0.0106. The first-order chi connectivity index (χ1) is 15.0. The van der Waals surface area contributed by atoms with Crippen molar-refractivity contribution in [3.63, 3.8) is 0 Å². The number of carbonyl (C=O) groups excluding carboxylic acids is 2. The normalized spacial score (nSPS) is 20.0. The minimum Gasteiger partial charge on any atom is -0.466 e. The molecule has 3 atom stereocenters. The lowest BCUT2D eigenvalue weighted by Crippen LogP contribution is -2.52. The molecule has 1 amide bonds. The number of esters is 1. The van der Waals surface area contributed by atoms with Gasteiger partial charge in [0, 0.05) is 6.54 Å². The lowest BCUT2D eigenvalue weighted by Gasteiger charge is -2.41. The Bertz CT molecular complexity index is 774. The maximum absolute atomic E-state index is 13.1. The van der Waals surface area contributed by atoms with Crippen molar-refractivity contribution in [2.75, 3.05) is 13.2 Å². The Morgan fingerprint density at radius 2 is 1.88 bits per heavy atom. The first-order valence-electron chi connectivity index (χ1n) is 11.4. The molecule has 2 rings (SSSR count). The summed E-state index contributed by atoms with van der Waals surface area (Å²) >= 11 is 0. The van der Waals surface area contributed by atoms with E-state index >= 15 is 0 Å². The molecule has 1 unspecified atom stereocenters. The van der Waals surface area contributed by atoms with E-state index in [1.54, 1.807) is 17.9 Å². The molecule has 7 heteroatoms. The fourth-order valence-corrected chi connectivity index (χ4v) is 5.13. The number of hydrogen-bond donors (Lipinski definition) is 0. The number of ether oxygens (including phenoxy) is 2. The summed E-state index contributed by atoms with van der Waals surface area (Å²) < 4.78 is 17.7. The van der Waals surface area contributed by atoms with Gasteiger partial charge >= 0.3 is 12.1 Å². The van der Waals surface area contributed by atoms with Crippen molar-refractivity contribution in [1.29, 1.82) is 0 Å². The van der Waals surface area contributed by atoms with Gasteiger partial charge in [-0.2, -0.15) is 0 Å². The van der Waals surface area contributed by atoms with Crippen molar-refractivity contribution in [3.8, 4) is 0 Å². The Hall–Kier alpha value is -2.12. The third-order valence-corrected chi connectivity index (χ3v) is 11.0. The van der Waals surface area contributed by atoms with Crippen molar-refractivity contribution in [2.24, 2.45) is 5.92 Å². The number of amides is 1. The van der Waals surface area contributed by atoms with Gasteiger partial charge in [0.05, 0.1) is 24.7 Å². The number of benzene rings is 1. The van der Waals surface area contributed by atoms with Crippen molar-refractivity contribution in [2.45, 2.75) is 77.4 Å². The minimum atomic E-state index is -2.13. The summed E-state index contributed by atoms with van der Waals surface area (Å²) in [6.45, 7) is 17.5. The molecule has 0 bridgehead atoms. The topological polar surface area (TPSA) is 65.1 Å². The fraction of sp³-hybridized carbons (Fsp3) is 0.600. The van der Waals surface area contributed by atoms with E-state index in [1.165, 1.54) is 0 Å². The van der Waals surface area contributed by atoms with Crippen LogP contribution in [0.1, 0.15) is 46.1 Å². The molecule has 0 radical (unpaired) electrons. The first kappa shape index (κ1) is 26.1. The van der Waals surface area contributed by atoms with Crippen molar-refractivity contribution in [3.05, 3.63) is 48.6 Å². The maximum atomic E-state index is 13.1. The quantitative estimate of drug-likeness (QED) is 0.274. The van der Waals surface area contributed by atoms with Crippen LogP contribution in [0.5, 0.6) is 0 Å². The van der Waals surface area contributed by atoms with Crippen LogP contribution in [0.15, 0.2) is 43.0 Å². The number of carbonyl (C=O) groups is 2. The molecule has 1 aromatic carbocycles. The van der Waals surface area contributed by atoms with E-state index in [0.717, 1.165) is 5.56 Å². The Balaban J connectivity index is 2.29. The van der Waals surface area contributed by atoms with E-state index < -0.39 is 26.4 Å². The number of rotatable bonds is 9. The van der Waals surface area contributed by atoms with Gasteiger partial charge in [-0.15, -0.1) is 6.58 Å². The lowest BCUT2D eigenvalue weighted by molar-refractivity contribution is -0.151. The molecule has 0 aromatic heterocycles. The van der Waals surface area contributed by atoms with Crippen LogP contribution in [0.25, 0.3) is 0 Å². The van der Waals surface area contributed by atoms with Gasteiger partial charge in [0.2, 0.25) is 0 Å². The van der Waals surface area contributed by atoms with E-state index in [-0.39, 0.29) is 30.3 Å². The molecule has 1 aromatic rings. The highest BCUT2D eigenvalue weighted by Gasteiger charge is 2.49. The second-order valence-electron chi connectivity index (χ2n) is 9.81. The van der Waals surface area contributed by atoms with Crippen molar-refractivity contribution < 1.29 is 23.5 Å². The maximum Gasteiger partial charge on any atom is 0.410 e. The van der Waals surface area contributed by atoms with Gasteiger partial charge in [0.15, 0.2) is 8.32 Å². The van der Waals surface area contributed by atoms with Crippen molar-refractivity contribution >= 4 is 20.4 Å². The Morgan fingerprint density at radius 3 is 2.44 bits per heavy atom. The van der Waals surface area contributed by atoms with Crippen LogP contribution in [-0.4, -0.2) is 50.6 Å². The summed E-state index contributed by atoms with van der Waals surface area (Å²) in [5.41, 5.74) is 0.915. The van der Waals surface area contributed by atoms with E-state index in [0.29, 0.717) is 19.4 Å². The van der Waals surface area contributed by atoms with Crippen LogP contribution in [0.2, 0.25) is 18.1 Å². The molecule has 1 aliphatic rings. The molecule has 1 saturated heterocycles. The van der Waals surface area contributed by atoms with Gasteiger partial charge in [0.1, 0.15) is 6.61 Å². The van der Waals surface area contributed by atoms with Gasteiger partial charge < -0.3 is 18.8 Å². The summed E-state index contributed by atoms with van der Waals surface area (Å²) in [4.78, 5) is 27.6. The van der Waals surface area contributed by atoms with Gasteiger partial charge in [-0.1, -0.05) is 57.2 Å². The number of hydrogen-bond acceptors (Lipinski definition) is 5. The molecule has 1 fully saturated rings.